The Kier molecular flexibility index (Phi) is 5.19. The van der Waals surface area contributed by atoms with Gasteiger partial charge in [-0.05, 0) is 38.8 Å². The van der Waals surface area contributed by atoms with Crippen LogP contribution in [0.2, 0.25) is 0 Å². The van der Waals surface area contributed by atoms with E-state index in [1.165, 1.54) is 19.3 Å². The first-order chi connectivity index (χ1) is 8.72. The van der Waals surface area contributed by atoms with Gasteiger partial charge in [0.15, 0.2) is 0 Å². The number of rotatable bonds is 6. The van der Waals surface area contributed by atoms with Crippen molar-refractivity contribution in [3.8, 4) is 0 Å². The van der Waals surface area contributed by atoms with Crippen molar-refractivity contribution in [3.63, 3.8) is 0 Å². The molecular weight excluding hydrogens is 224 g/mol. The minimum atomic E-state index is 0.345. The molecule has 2 rings (SSSR count). The zero-order valence-corrected chi connectivity index (χ0v) is 12.0. The van der Waals surface area contributed by atoms with E-state index in [0.717, 1.165) is 38.9 Å². The molecule has 2 heterocycles. The summed E-state index contributed by atoms with van der Waals surface area (Å²) >= 11 is 0. The molecule has 0 aromatic heterocycles. The first kappa shape index (κ1) is 14.0. The van der Waals surface area contributed by atoms with E-state index in [1.807, 2.05) is 0 Å². The second kappa shape index (κ2) is 6.67. The molecule has 3 nitrogen and oxygen atoms in total. The van der Waals surface area contributed by atoms with E-state index in [0.29, 0.717) is 23.8 Å². The van der Waals surface area contributed by atoms with Crippen LogP contribution in [-0.4, -0.2) is 42.4 Å². The van der Waals surface area contributed by atoms with Gasteiger partial charge in [0.25, 0.3) is 0 Å². The van der Waals surface area contributed by atoms with Gasteiger partial charge in [-0.15, -0.1) is 0 Å². The van der Waals surface area contributed by atoms with Gasteiger partial charge >= 0.3 is 0 Å². The van der Waals surface area contributed by atoms with E-state index in [-0.39, 0.29) is 0 Å². The molecule has 2 bridgehead atoms. The molecule has 2 atom stereocenters. The predicted octanol–water partition coefficient (Wildman–Crippen LogP) is 2.21. The maximum Gasteiger partial charge on any atom is 0.137 e. The number of ketones is 1. The maximum atomic E-state index is 12.3. The molecule has 2 unspecified atom stereocenters. The number of nitrogens with zero attached hydrogens (tertiary/aromatic N) is 1. The number of carbonyl (C=O) groups is 1. The first-order valence-corrected chi connectivity index (χ1v) is 7.74. The van der Waals surface area contributed by atoms with Crippen molar-refractivity contribution in [2.45, 2.75) is 64.5 Å². The lowest BCUT2D eigenvalue weighted by molar-refractivity contribution is -0.125. The van der Waals surface area contributed by atoms with Crippen LogP contribution in [0.1, 0.15) is 52.4 Å². The topological polar surface area (TPSA) is 32.3 Å². The number of carbonyl (C=O) groups excluding carboxylic acids is 1. The monoisotopic (exact) mass is 252 g/mol. The van der Waals surface area contributed by atoms with Crippen molar-refractivity contribution in [2.75, 3.05) is 19.6 Å². The number of hydrogen-bond acceptors (Lipinski definition) is 3. The summed E-state index contributed by atoms with van der Waals surface area (Å²) in [5.74, 6) is 0.859. The Balaban J connectivity index is 1.78. The van der Waals surface area contributed by atoms with Crippen LogP contribution in [0.3, 0.4) is 0 Å². The summed E-state index contributed by atoms with van der Waals surface area (Å²) in [5.41, 5.74) is 0. The summed E-state index contributed by atoms with van der Waals surface area (Å²) in [4.78, 5) is 14.7. The van der Waals surface area contributed by atoms with Gasteiger partial charge in [-0.1, -0.05) is 20.3 Å². The van der Waals surface area contributed by atoms with E-state index in [2.05, 4.69) is 24.1 Å². The predicted molar refractivity (Wildman–Crippen MR) is 74.7 cm³/mol. The average Bonchev–Trinajstić information content (AvgIpc) is 2.39. The van der Waals surface area contributed by atoms with Gasteiger partial charge in [0.2, 0.25) is 0 Å². The molecule has 18 heavy (non-hydrogen) atoms. The highest BCUT2D eigenvalue weighted by atomic mass is 16.1. The third kappa shape index (κ3) is 3.55. The van der Waals surface area contributed by atoms with Crippen LogP contribution >= 0.6 is 0 Å². The van der Waals surface area contributed by atoms with E-state index < -0.39 is 0 Å². The zero-order valence-electron chi connectivity index (χ0n) is 12.0. The first-order valence-electron chi connectivity index (χ1n) is 7.74. The van der Waals surface area contributed by atoms with Gasteiger partial charge in [-0.2, -0.15) is 0 Å². The van der Waals surface area contributed by atoms with Gasteiger partial charge in [0.05, 0.1) is 0 Å². The molecule has 2 aliphatic rings. The fraction of sp³-hybridized carbons (Fsp3) is 0.933. The summed E-state index contributed by atoms with van der Waals surface area (Å²) < 4.78 is 0. The number of nitrogens with one attached hydrogen (secondary N) is 1. The third-order valence-corrected chi connectivity index (χ3v) is 4.74. The van der Waals surface area contributed by atoms with Crippen LogP contribution in [-0.2, 0) is 4.79 Å². The van der Waals surface area contributed by atoms with Gasteiger partial charge in [0.1, 0.15) is 5.78 Å². The average molecular weight is 252 g/mol. The van der Waals surface area contributed by atoms with Crippen molar-refractivity contribution >= 4 is 5.78 Å². The lowest BCUT2D eigenvalue weighted by Gasteiger charge is -2.40. The van der Waals surface area contributed by atoms with Crippen molar-refractivity contribution in [2.24, 2.45) is 5.92 Å². The number of piperidine rings is 2. The maximum absolute atomic E-state index is 12.3. The SMILES string of the molecule is CCN(CC)CCC(=O)C1CC2CCCC(C1)N2. The molecule has 0 amide bonds. The molecule has 0 aromatic carbocycles. The smallest absolute Gasteiger partial charge is 0.137 e. The lowest BCUT2D eigenvalue weighted by Crippen LogP contribution is -2.50. The Morgan fingerprint density at radius 3 is 2.33 bits per heavy atom. The summed E-state index contributed by atoms with van der Waals surface area (Å²) in [6.07, 6.45) is 6.84. The van der Waals surface area contributed by atoms with Crippen LogP contribution in [0.25, 0.3) is 0 Å². The van der Waals surface area contributed by atoms with E-state index in [1.54, 1.807) is 0 Å². The van der Waals surface area contributed by atoms with Crippen LogP contribution < -0.4 is 5.32 Å². The molecule has 3 heteroatoms. The second-order valence-corrected chi connectivity index (χ2v) is 5.90. The number of fused-ring (bicyclic) bond motifs is 2. The van der Waals surface area contributed by atoms with E-state index in [4.69, 9.17) is 0 Å². The number of Topliss-reactive ketones (excluding diaryl/α,β-unsaturated/α-hetero) is 1. The fourth-order valence-corrected chi connectivity index (χ4v) is 3.54. The molecule has 1 N–H and O–H groups in total. The molecule has 0 aliphatic carbocycles. The molecule has 0 saturated carbocycles. The number of hydrogen-bond donors (Lipinski definition) is 1. The molecule has 0 aromatic rings. The highest BCUT2D eigenvalue weighted by Gasteiger charge is 2.34. The molecule has 0 radical (unpaired) electrons. The zero-order chi connectivity index (χ0) is 13.0. The highest BCUT2D eigenvalue weighted by Crippen LogP contribution is 2.30. The Morgan fingerprint density at radius 1 is 1.17 bits per heavy atom. The molecule has 2 saturated heterocycles. The standard InChI is InChI=1S/C15H28N2O/c1-3-17(4-2)9-8-15(18)12-10-13-6-5-7-14(11-12)16-13/h12-14,16H,3-11H2,1-2H3. The van der Waals surface area contributed by atoms with Crippen LogP contribution in [0.4, 0.5) is 0 Å². The van der Waals surface area contributed by atoms with Gasteiger partial charge in [-0.3, -0.25) is 4.79 Å². The Bertz CT molecular complexity index is 264. The van der Waals surface area contributed by atoms with Crippen LogP contribution in [0, 0.1) is 5.92 Å². The Labute approximate surface area is 111 Å². The largest absolute Gasteiger partial charge is 0.311 e. The van der Waals surface area contributed by atoms with Crippen LogP contribution in [0.5, 0.6) is 0 Å². The van der Waals surface area contributed by atoms with Gasteiger partial charge in [-0.25, -0.2) is 0 Å². The van der Waals surface area contributed by atoms with Crippen molar-refractivity contribution in [1.82, 2.24) is 10.2 Å². The molecule has 2 fully saturated rings. The minimum Gasteiger partial charge on any atom is -0.311 e. The highest BCUT2D eigenvalue weighted by molar-refractivity contribution is 5.81. The molecule has 0 spiro atoms. The van der Waals surface area contributed by atoms with Gasteiger partial charge in [0, 0.05) is 31.0 Å². The minimum absolute atomic E-state index is 0.345. The van der Waals surface area contributed by atoms with E-state index >= 15 is 0 Å². The molecule has 2 aliphatic heterocycles. The lowest BCUT2D eigenvalue weighted by atomic mass is 9.78. The normalized spacial score (nSPS) is 31.6. The summed E-state index contributed by atoms with van der Waals surface area (Å²) in [5, 5.41) is 3.66. The van der Waals surface area contributed by atoms with Crippen molar-refractivity contribution < 1.29 is 4.79 Å². The quantitative estimate of drug-likeness (QED) is 0.786. The summed E-state index contributed by atoms with van der Waals surface area (Å²) in [7, 11) is 0. The van der Waals surface area contributed by atoms with Gasteiger partial charge < -0.3 is 10.2 Å². The second-order valence-electron chi connectivity index (χ2n) is 5.90. The summed E-state index contributed by atoms with van der Waals surface area (Å²) in [6, 6.07) is 1.25. The third-order valence-electron chi connectivity index (χ3n) is 4.74. The van der Waals surface area contributed by atoms with Crippen molar-refractivity contribution in [3.05, 3.63) is 0 Å². The summed E-state index contributed by atoms with van der Waals surface area (Å²) in [6.45, 7) is 7.40. The Morgan fingerprint density at radius 2 is 1.78 bits per heavy atom. The van der Waals surface area contributed by atoms with Crippen molar-refractivity contribution in [1.29, 1.82) is 0 Å². The Hall–Kier alpha value is -0.410. The molecule has 104 valence electrons. The fourth-order valence-electron chi connectivity index (χ4n) is 3.54. The van der Waals surface area contributed by atoms with Crippen LogP contribution in [0.15, 0.2) is 0 Å². The van der Waals surface area contributed by atoms with E-state index in [9.17, 15) is 4.79 Å². The molecular formula is C15H28N2O.